The fourth-order valence-corrected chi connectivity index (χ4v) is 3.21. The van der Waals surface area contributed by atoms with E-state index in [1.165, 1.54) is 0 Å². The van der Waals surface area contributed by atoms with Crippen LogP contribution in [0.25, 0.3) is 17.3 Å². The molecule has 4 rings (SSSR count). The molecule has 1 saturated heterocycles. The molecular formula is C19H18N6O2. The molecule has 3 heterocycles. The van der Waals surface area contributed by atoms with Crippen molar-refractivity contribution in [2.75, 3.05) is 18.0 Å². The Kier molecular flexibility index (Phi) is 4.34. The number of carbonyl (C=O) groups excluding carboxylic acids is 1. The van der Waals surface area contributed by atoms with Gasteiger partial charge in [0.2, 0.25) is 5.88 Å². The summed E-state index contributed by atoms with van der Waals surface area (Å²) in [7, 11) is 0. The number of nitriles is 1. The van der Waals surface area contributed by atoms with Crippen molar-refractivity contribution in [3.8, 4) is 23.3 Å². The number of para-hydroxylation sites is 1. The second-order valence-corrected chi connectivity index (χ2v) is 6.37. The quantitative estimate of drug-likeness (QED) is 0.762. The highest BCUT2D eigenvalue weighted by atomic mass is 16.4. The molecule has 2 N–H and O–H groups in total. The number of anilines is 1. The van der Waals surface area contributed by atoms with Gasteiger partial charge < -0.3 is 15.1 Å². The fraction of sp³-hybridized carbons (Fsp3) is 0.263. The van der Waals surface area contributed by atoms with E-state index in [0.29, 0.717) is 11.4 Å². The van der Waals surface area contributed by atoms with Crippen LogP contribution in [0.3, 0.4) is 0 Å². The maximum absolute atomic E-state index is 11.9. The van der Waals surface area contributed by atoms with Crippen molar-refractivity contribution in [1.82, 2.24) is 14.8 Å². The van der Waals surface area contributed by atoms with Gasteiger partial charge in [-0.2, -0.15) is 10.4 Å². The van der Waals surface area contributed by atoms with Crippen molar-refractivity contribution in [1.29, 1.82) is 5.26 Å². The first-order chi connectivity index (χ1) is 13.2. The molecule has 27 heavy (non-hydrogen) atoms. The lowest BCUT2D eigenvalue weighted by molar-refractivity contribution is 0.0996. The molecule has 3 aromatic rings. The molecule has 0 bridgehead atoms. The van der Waals surface area contributed by atoms with Crippen molar-refractivity contribution in [2.24, 2.45) is 5.73 Å². The number of carbonyl (C=O) groups is 1. The van der Waals surface area contributed by atoms with Crippen LogP contribution in [0, 0.1) is 11.3 Å². The Morgan fingerprint density at radius 3 is 2.59 bits per heavy atom. The summed E-state index contributed by atoms with van der Waals surface area (Å²) in [5.74, 6) is -0.183. The van der Waals surface area contributed by atoms with E-state index in [4.69, 9.17) is 10.2 Å². The minimum Gasteiger partial charge on any atom is -0.418 e. The molecule has 0 aliphatic carbocycles. The average Bonchev–Trinajstić information content (AvgIpc) is 3.34. The van der Waals surface area contributed by atoms with Gasteiger partial charge in [-0.1, -0.05) is 18.2 Å². The molecule has 2 aromatic heterocycles. The summed E-state index contributed by atoms with van der Waals surface area (Å²) in [6, 6.07) is 11.5. The first-order valence-corrected chi connectivity index (χ1v) is 8.78. The number of piperidine rings is 1. The van der Waals surface area contributed by atoms with E-state index in [-0.39, 0.29) is 17.3 Å². The first kappa shape index (κ1) is 16.8. The summed E-state index contributed by atoms with van der Waals surface area (Å²) in [5, 5.41) is 13.9. The van der Waals surface area contributed by atoms with Crippen LogP contribution in [-0.2, 0) is 0 Å². The smallest absolute Gasteiger partial charge is 0.273 e. The summed E-state index contributed by atoms with van der Waals surface area (Å²) in [6.45, 7) is 1.55. The normalized spacial score (nSPS) is 14.1. The highest BCUT2D eigenvalue weighted by molar-refractivity contribution is 5.96. The van der Waals surface area contributed by atoms with Crippen molar-refractivity contribution in [3.63, 3.8) is 0 Å². The zero-order valence-electron chi connectivity index (χ0n) is 14.6. The summed E-state index contributed by atoms with van der Waals surface area (Å²) in [6.07, 6.45) is 4.78. The zero-order chi connectivity index (χ0) is 18.8. The van der Waals surface area contributed by atoms with Crippen molar-refractivity contribution >= 4 is 11.8 Å². The SMILES string of the molecule is N#Cc1cn(-c2ccccc2)nc1-c1nc(C(N)=O)c(N2CCCCC2)o1. The predicted octanol–water partition coefficient (Wildman–Crippen LogP) is 2.49. The lowest BCUT2D eigenvalue weighted by Crippen LogP contribution is -2.31. The minimum absolute atomic E-state index is 0.0741. The van der Waals surface area contributed by atoms with Crippen molar-refractivity contribution < 1.29 is 9.21 Å². The van der Waals surface area contributed by atoms with Crippen LogP contribution in [0.1, 0.15) is 35.3 Å². The van der Waals surface area contributed by atoms with Crippen molar-refractivity contribution in [2.45, 2.75) is 19.3 Å². The average molecular weight is 362 g/mol. The van der Waals surface area contributed by atoms with Crippen LogP contribution in [-0.4, -0.2) is 33.8 Å². The number of nitrogens with zero attached hydrogens (tertiary/aromatic N) is 5. The highest BCUT2D eigenvalue weighted by Gasteiger charge is 2.27. The maximum atomic E-state index is 11.9. The molecule has 8 heteroatoms. The number of oxazole rings is 1. The molecule has 1 aliphatic heterocycles. The van der Waals surface area contributed by atoms with Crippen LogP contribution in [0.2, 0.25) is 0 Å². The number of hydrogen-bond acceptors (Lipinski definition) is 6. The van der Waals surface area contributed by atoms with Gasteiger partial charge in [-0.25, -0.2) is 9.67 Å². The first-order valence-electron chi connectivity index (χ1n) is 8.78. The lowest BCUT2D eigenvalue weighted by atomic mass is 10.1. The van der Waals surface area contributed by atoms with E-state index in [1.807, 2.05) is 35.2 Å². The summed E-state index contributed by atoms with van der Waals surface area (Å²) in [5.41, 5.74) is 6.97. The largest absolute Gasteiger partial charge is 0.418 e. The second kappa shape index (κ2) is 6.96. The molecule has 0 unspecified atom stereocenters. The minimum atomic E-state index is -0.661. The number of aromatic nitrogens is 3. The standard InChI is InChI=1S/C19H18N6O2/c20-11-13-12-25(14-7-3-1-4-8-14)23-15(13)18-22-16(17(21)26)19(27-18)24-9-5-2-6-10-24/h1,3-4,7-8,12H,2,5-6,9-10H2,(H2,21,26). The zero-order valence-corrected chi connectivity index (χ0v) is 14.6. The summed E-state index contributed by atoms with van der Waals surface area (Å²) >= 11 is 0. The number of nitrogens with two attached hydrogens (primary N) is 1. The highest BCUT2D eigenvalue weighted by Crippen LogP contribution is 2.31. The Morgan fingerprint density at radius 1 is 1.19 bits per heavy atom. The van der Waals surface area contributed by atoms with Crippen LogP contribution in [0.5, 0.6) is 0 Å². The van der Waals surface area contributed by atoms with Gasteiger partial charge in [-0.3, -0.25) is 4.79 Å². The number of hydrogen-bond donors (Lipinski definition) is 1. The van der Waals surface area contributed by atoms with Gasteiger partial charge in [0.15, 0.2) is 11.4 Å². The number of amides is 1. The molecule has 0 atom stereocenters. The lowest BCUT2D eigenvalue weighted by Gasteiger charge is -2.26. The Bertz CT molecular complexity index is 1010. The molecule has 1 aromatic carbocycles. The van der Waals surface area contributed by atoms with Crippen LogP contribution in [0.4, 0.5) is 5.88 Å². The maximum Gasteiger partial charge on any atom is 0.273 e. The molecule has 1 fully saturated rings. The van der Waals surface area contributed by atoms with Crippen LogP contribution >= 0.6 is 0 Å². The van der Waals surface area contributed by atoms with Gasteiger partial charge in [0.05, 0.1) is 5.69 Å². The van der Waals surface area contributed by atoms with Gasteiger partial charge in [0, 0.05) is 19.3 Å². The topological polar surface area (TPSA) is 114 Å². The monoisotopic (exact) mass is 362 g/mol. The number of benzene rings is 1. The molecule has 136 valence electrons. The van der Waals surface area contributed by atoms with Gasteiger partial charge in [-0.15, -0.1) is 0 Å². The molecule has 0 saturated carbocycles. The van der Waals surface area contributed by atoms with Crippen LogP contribution in [0.15, 0.2) is 40.9 Å². The second-order valence-electron chi connectivity index (χ2n) is 6.37. The van der Waals surface area contributed by atoms with Gasteiger partial charge in [-0.05, 0) is 31.4 Å². The third-order valence-electron chi connectivity index (χ3n) is 4.54. The van der Waals surface area contributed by atoms with E-state index >= 15 is 0 Å². The molecule has 8 nitrogen and oxygen atoms in total. The van der Waals surface area contributed by atoms with E-state index in [2.05, 4.69) is 16.2 Å². The van der Waals surface area contributed by atoms with Gasteiger partial charge in [0.1, 0.15) is 11.6 Å². The molecule has 0 spiro atoms. The Hall–Kier alpha value is -3.60. The number of rotatable bonds is 4. The predicted molar refractivity (Wildman–Crippen MR) is 98.4 cm³/mol. The van der Waals surface area contributed by atoms with E-state index in [1.54, 1.807) is 10.9 Å². The Balaban J connectivity index is 1.78. The fourth-order valence-electron chi connectivity index (χ4n) is 3.21. The molecule has 1 amide bonds. The van der Waals surface area contributed by atoms with Gasteiger partial charge >= 0.3 is 0 Å². The molecular weight excluding hydrogens is 344 g/mol. The van der Waals surface area contributed by atoms with E-state index < -0.39 is 5.91 Å². The Labute approximate surface area is 155 Å². The van der Waals surface area contributed by atoms with E-state index in [0.717, 1.165) is 38.0 Å². The third-order valence-corrected chi connectivity index (χ3v) is 4.54. The van der Waals surface area contributed by atoms with Crippen LogP contribution < -0.4 is 10.6 Å². The molecule has 0 radical (unpaired) electrons. The van der Waals surface area contributed by atoms with E-state index in [9.17, 15) is 10.1 Å². The Morgan fingerprint density at radius 2 is 1.93 bits per heavy atom. The number of primary amides is 1. The van der Waals surface area contributed by atoms with Gasteiger partial charge in [0.25, 0.3) is 11.8 Å². The van der Waals surface area contributed by atoms with Crippen molar-refractivity contribution in [3.05, 3.63) is 47.8 Å². The third kappa shape index (κ3) is 3.15. The summed E-state index contributed by atoms with van der Waals surface area (Å²) < 4.78 is 7.47. The molecule has 1 aliphatic rings. The summed E-state index contributed by atoms with van der Waals surface area (Å²) in [4.78, 5) is 18.1.